The molecule has 0 saturated heterocycles. The average Bonchev–Trinajstić information content (AvgIpc) is 3.15. The van der Waals surface area contributed by atoms with Gasteiger partial charge in [0.05, 0.1) is 21.7 Å². The molecule has 0 saturated carbocycles. The lowest BCUT2D eigenvalue weighted by Gasteiger charge is -2.06. The summed E-state index contributed by atoms with van der Waals surface area (Å²) in [6.07, 6.45) is 5.45. The van der Waals surface area contributed by atoms with Gasteiger partial charge in [0.15, 0.2) is 10.5 Å². The number of hydrogen-bond donors (Lipinski definition) is 1. The number of fused-ring (bicyclic) bond motifs is 1. The summed E-state index contributed by atoms with van der Waals surface area (Å²) >= 11 is 1.16. The molecule has 0 atom stereocenters. The molecule has 0 aliphatic rings. The van der Waals surface area contributed by atoms with E-state index >= 15 is 0 Å². The Morgan fingerprint density at radius 3 is 2.68 bits per heavy atom. The molecule has 1 aromatic carbocycles. The Bertz CT molecular complexity index is 1290. The number of primary sulfonamides is 1. The molecule has 0 fully saturated rings. The Morgan fingerprint density at radius 1 is 1.39 bits per heavy atom. The van der Waals surface area contributed by atoms with Gasteiger partial charge in [0.2, 0.25) is 10.0 Å². The van der Waals surface area contributed by atoms with Crippen molar-refractivity contribution in [1.29, 1.82) is 0 Å². The van der Waals surface area contributed by atoms with Gasteiger partial charge in [0.1, 0.15) is 0 Å². The molecule has 2 aromatic heterocycles. The maximum atomic E-state index is 12.6. The van der Waals surface area contributed by atoms with Crippen molar-refractivity contribution in [3.05, 3.63) is 40.5 Å². The number of nitrogens with zero attached hydrogens (tertiary/aromatic N) is 4. The fourth-order valence-corrected chi connectivity index (χ4v) is 4.50. The van der Waals surface area contributed by atoms with Crippen molar-refractivity contribution in [2.75, 3.05) is 0 Å². The smallest absolute Gasteiger partial charge is 0.300 e. The van der Waals surface area contributed by atoms with E-state index in [0.717, 1.165) is 17.0 Å². The van der Waals surface area contributed by atoms with E-state index in [2.05, 4.69) is 16.0 Å². The van der Waals surface area contributed by atoms with Gasteiger partial charge in [-0.05, 0) is 45.0 Å². The highest BCUT2D eigenvalue weighted by Gasteiger charge is 2.16. The van der Waals surface area contributed by atoms with Crippen molar-refractivity contribution in [3.8, 4) is 12.3 Å². The Kier molecular flexibility index (Phi) is 5.25. The first kappa shape index (κ1) is 20.0. The predicted molar refractivity (Wildman–Crippen MR) is 107 cm³/mol. The van der Waals surface area contributed by atoms with E-state index in [4.69, 9.17) is 11.6 Å². The summed E-state index contributed by atoms with van der Waals surface area (Å²) in [5, 5.41) is 9.51. The molecule has 1 amide bonds. The number of hydrogen-bond acceptors (Lipinski definition) is 5. The maximum Gasteiger partial charge on any atom is 0.300 e. The number of rotatable bonds is 4. The number of sulfonamides is 1. The standard InChI is InChI=1S/C18H19N5O3S2/c1-5-8-22-15-7-6-13(28(19,25)26)10-16(15)27-18(22)20-17(24)14-9-12(4)23(21-14)11(2)3/h1,6-7,9-11H,8H2,2-4H3,(H2,19,25,26). The SMILES string of the molecule is C#CCn1c(=NC(=O)c2cc(C)n(C(C)C)n2)sc2cc(S(N)(=O)=O)ccc21. The molecule has 0 aliphatic carbocycles. The zero-order valence-corrected chi connectivity index (χ0v) is 17.2. The van der Waals surface area contributed by atoms with Crippen LogP contribution in [0, 0.1) is 19.3 Å². The van der Waals surface area contributed by atoms with Crippen molar-refractivity contribution in [2.45, 2.75) is 38.3 Å². The predicted octanol–water partition coefficient (Wildman–Crippen LogP) is 1.81. The molecule has 2 N–H and O–H groups in total. The Labute approximate surface area is 166 Å². The van der Waals surface area contributed by atoms with Crippen molar-refractivity contribution >= 4 is 37.5 Å². The minimum Gasteiger partial charge on any atom is -0.305 e. The second kappa shape index (κ2) is 7.35. The fraction of sp³-hybridized carbons (Fsp3) is 0.278. The fourth-order valence-electron chi connectivity index (χ4n) is 2.82. The lowest BCUT2D eigenvalue weighted by Crippen LogP contribution is -2.17. The third-order valence-corrected chi connectivity index (χ3v) is 6.01. The van der Waals surface area contributed by atoms with Crippen LogP contribution in [0.15, 0.2) is 34.2 Å². The van der Waals surface area contributed by atoms with E-state index in [1.54, 1.807) is 21.4 Å². The van der Waals surface area contributed by atoms with Crippen molar-refractivity contribution in [2.24, 2.45) is 10.1 Å². The quantitative estimate of drug-likeness (QED) is 0.652. The molecule has 10 heteroatoms. The van der Waals surface area contributed by atoms with Crippen LogP contribution in [0.2, 0.25) is 0 Å². The molecular weight excluding hydrogens is 398 g/mol. The van der Waals surface area contributed by atoms with Gasteiger partial charge in [-0.25, -0.2) is 13.6 Å². The molecule has 146 valence electrons. The van der Waals surface area contributed by atoms with Crippen LogP contribution in [0.3, 0.4) is 0 Å². The summed E-state index contributed by atoms with van der Waals surface area (Å²) in [4.78, 5) is 17.2. The van der Waals surface area contributed by atoms with Crippen LogP contribution in [-0.4, -0.2) is 28.7 Å². The van der Waals surface area contributed by atoms with E-state index in [1.165, 1.54) is 12.1 Å². The number of aryl methyl sites for hydroxylation is 1. The van der Waals surface area contributed by atoms with Gasteiger partial charge in [-0.3, -0.25) is 9.48 Å². The number of carbonyl (C=O) groups excluding carboxylic acids is 1. The normalized spacial score (nSPS) is 12.6. The van der Waals surface area contributed by atoms with Gasteiger partial charge in [-0.2, -0.15) is 10.1 Å². The number of amides is 1. The maximum absolute atomic E-state index is 12.6. The van der Waals surface area contributed by atoms with E-state index in [9.17, 15) is 13.2 Å². The van der Waals surface area contributed by atoms with Gasteiger partial charge in [-0.15, -0.1) is 6.42 Å². The first-order valence-electron chi connectivity index (χ1n) is 8.36. The molecule has 0 unspecified atom stereocenters. The topological polar surface area (TPSA) is 112 Å². The number of aromatic nitrogens is 3. The van der Waals surface area contributed by atoms with Crippen LogP contribution in [0.5, 0.6) is 0 Å². The Morgan fingerprint density at radius 2 is 2.11 bits per heavy atom. The lowest BCUT2D eigenvalue weighted by atomic mass is 10.3. The molecule has 8 nitrogen and oxygen atoms in total. The molecule has 0 spiro atoms. The van der Waals surface area contributed by atoms with Gasteiger partial charge >= 0.3 is 0 Å². The minimum absolute atomic E-state index is 0.0155. The summed E-state index contributed by atoms with van der Waals surface area (Å²) < 4.78 is 27.2. The van der Waals surface area contributed by atoms with Gasteiger partial charge in [0.25, 0.3) is 5.91 Å². The number of terminal acetylenes is 1. The van der Waals surface area contributed by atoms with Crippen molar-refractivity contribution in [1.82, 2.24) is 14.3 Å². The number of nitrogens with two attached hydrogens (primary N) is 1. The van der Waals surface area contributed by atoms with Crippen LogP contribution >= 0.6 is 11.3 Å². The second-order valence-corrected chi connectivity index (χ2v) is 9.05. The van der Waals surface area contributed by atoms with Crippen LogP contribution < -0.4 is 9.94 Å². The molecule has 0 bridgehead atoms. The molecule has 0 radical (unpaired) electrons. The Balaban J connectivity index is 2.15. The van der Waals surface area contributed by atoms with E-state index < -0.39 is 15.9 Å². The first-order valence-corrected chi connectivity index (χ1v) is 10.7. The third-order valence-electron chi connectivity index (χ3n) is 4.06. The van der Waals surface area contributed by atoms with Gasteiger partial charge < -0.3 is 4.57 Å². The number of thiazole rings is 1. The lowest BCUT2D eigenvalue weighted by molar-refractivity contribution is 0.0992. The van der Waals surface area contributed by atoms with E-state index in [1.807, 2.05) is 20.8 Å². The van der Waals surface area contributed by atoms with Crippen molar-refractivity contribution < 1.29 is 13.2 Å². The number of benzene rings is 1. The second-order valence-electron chi connectivity index (χ2n) is 6.48. The van der Waals surface area contributed by atoms with E-state index in [0.29, 0.717) is 15.0 Å². The highest BCUT2D eigenvalue weighted by atomic mass is 32.2. The third kappa shape index (κ3) is 3.77. The zero-order chi connectivity index (χ0) is 20.6. The summed E-state index contributed by atoms with van der Waals surface area (Å²) in [7, 11) is -3.84. The first-order chi connectivity index (χ1) is 13.1. The summed E-state index contributed by atoms with van der Waals surface area (Å²) in [5.41, 5.74) is 1.77. The van der Waals surface area contributed by atoms with Crippen molar-refractivity contribution in [3.63, 3.8) is 0 Å². The molecule has 3 aromatic rings. The molecule has 0 aliphatic heterocycles. The van der Waals surface area contributed by atoms with Crippen LogP contribution in [0.25, 0.3) is 10.2 Å². The van der Waals surface area contributed by atoms with Crippen LogP contribution in [-0.2, 0) is 16.6 Å². The van der Waals surface area contributed by atoms with Gasteiger partial charge in [0, 0.05) is 11.7 Å². The van der Waals surface area contributed by atoms with E-state index in [-0.39, 0.29) is 23.2 Å². The summed E-state index contributed by atoms with van der Waals surface area (Å²) in [6, 6.07) is 6.25. The van der Waals surface area contributed by atoms with Crippen LogP contribution in [0.1, 0.15) is 36.1 Å². The summed E-state index contributed by atoms with van der Waals surface area (Å²) in [6.45, 7) is 6.00. The van der Waals surface area contributed by atoms with Crippen LogP contribution in [0.4, 0.5) is 0 Å². The highest BCUT2D eigenvalue weighted by Crippen LogP contribution is 2.21. The molecule has 28 heavy (non-hydrogen) atoms. The summed E-state index contributed by atoms with van der Waals surface area (Å²) in [5.74, 6) is 2.03. The molecular formula is C18H19N5O3S2. The zero-order valence-electron chi connectivity index (χ0n) is 15.6. The minimum atomic E-state index is -3.84. The van der Waals surface area contributed by atoms with Gasteiger partial charge in [-0.1, -0.05) is 17.3 Å². The largest absolute Gasteiger partial charge is 0.305 e. The average molecular weight is 418 g/mol. The monoisotopic (exact) mass is 417 g/mol. The Hall–Kier alpha value is -2.74. The molecule has 2 heterocycles. The number of carbonyl (C=O) groups is 1. The molecule has 3 rings (SSSR count). The highest BCUT2D eigenvalue weighted by molar-refractivity contribution is 7.89.